The van der Waals surface area contributed by atoms with Gasteiger partial charge in [-0.15, -0.1) is 0 Å². The van der Waals surface area contributed by atoms with Gasteiger partial charge in [-0.05, 0) is 44.1 Å². The van der Waals surface area contributed by atoms with Gasteiger partial charge in [-0.25, -0.2) is 0 Å². The summed E-state index contributed by atoms with van der Waals surface area (Å²) in [5.41, 5.74) is 7.01. The molecule has 2 aromatic heterocycles. The molecule has 31 heavy (non-hydrogen) atoms. The Morgan fingerprint density at radius 3 is 2.84 bits per heavy atom. The number of hydrogen-bond donors (Lipinski definition) is 2. The van der Waals surface area contributed by atoms with Crippen molar-refractivity contribution >= 4 is 26.8 Å². The molecule has 1 aliphatic heterocycles. The quantitative estimate of drug-likeness (QED) is 0.563. The Kier molecular flexibility index (Phi) is 6.08. The second-order valence-electron chi connectivity index (χ2n) is 7.95. The highest BCUT2D eigenvalue weighted by molar-refractivity contribution is 6.08. The number of nitrogens with two attached hydrogens (primary N) is 1. The van der Waals surface area contributed by atoms with Gasteiger partial charge in [0.05, 0.1) is 17.8 Å². The number of benzene rings is 1. The van der Waals surface area contributed by atoms with Crippen LogP contribution in [0.25, 0.3) is 22.4 Å². The SMILES string of the molecule is CN1CC[C@@H](Nc2cccc3c2cc(-c2noc(CN)n2)n3CC(F)(F)F)[C@@H](C[Si])C1. The van der Waals surface area contributed by atoms with E-state index in [-0.39, 0.29) is 30.0 Å². The van der Waals surface area contributed by atoms with E-state index in [2.05, 4.69) is 37.6 Å². The number of nitrogens with zero attached hydrogens (tertiary/aromatic N) is 4. The van der Waals surface area contributed by atoms with E-state index in [0.717, 1.165) is 31.2 Å². The maximum atomic E-state index is 13.4. The van der Waals surface area contributed by atoms with Crippen LogP contribution in [0.5, 0.6) is 0 Å². The molecule has 1 aliphatic rings. The second-order valence-corrected chi connectivity index (χ2v) is 8.36. The van der Waals surface area contributed by atoms with Crippen LogP contribution in [0.4, 0.5) is 18.9 Å². The Morgan fingerprint density at radius 1 is 1.35 bits per heavy atom. The number of rotatable bonds is 6. The zero-order valence-corrected chi connectivity index (χ0v) is 18.1. The first-order valence-corrected chi connectivity index (χ1v) is 10.8. The van der Waals surface area contributed by atoms with Crippen LogP contribution >= 0.6 is 0 Å². The van der Waals surface area contributed by atoms with E-state index < -0.39 is 12.7 Å². The van der Waals surface area contributed by atoms with Crippen LogP contribution in [0, 0.1) is 5.92 Å². The fraction of sp³-hybridized carbons (Fsp3) is 0.500. The Hall–Kier alpha value is -2.37. The molecular weight excluding hydrogens is 425 g/mol. The zero-order valence-electron chi connectivity index (χ0n) is 17.1. The molecule has 2 atom stereocenters. The van der Waals surface area contributed by atoms with Crippen LogP contribution in [0.3, 0.4) is 0 Å². The van der Waals surface area contributed by atoms with Crippen molar-refractivity contribution in [1.29, 1.82) is 0 Å². The number of nitrogens with one attached hydrogen (secondary N) is 1. The minimum Gasteiger partial charge on any atom is -0.381 e. The van der Waals surface area contributed by atoms with E-state index in [1.165, 1.54) is 4.57 Å². The molecule has 1 aromatic carbocycles. The normalized spacial score (nSPS) is 20.5. The summed E-state index contributed by atoms with van der Waals surface area (Å²) in [6, 6.07) is 8.07. The van der Waals surface area contributed by atoms with Crippen LogP contribution < -0.4 is 11.1 Å². The number of anilines is 1. The maximum Gasteiger partial charge on any atom is 0.406 e. The van der Waals surface area contributed by atoms with E-state index in [9.17, 15) is 13.2 Å². The summed E-state index contributed by atoms with van der Waals surface area (Å²) in [6.45, 7) is 0.770. The van der Waals surface area contributed by atoms with Crippen molar-refractivity contribution in [3.8, 4) is 11.5 Å². The third-order valence-electron chi connectivity index (χ3n) is 5.70. The molecule has 7 nitrogen and oxygen atoms in total. The number of piperidine rings is 1. The van der Waals surface area contributed by atoms with Crippen LogP contribution in [-0.2, 0) is 13.1 Å². The smallest absolute Gasteiger partial charge is 0.381 e. The Labute approximate surface area is 181 Å². The summed E-state index contributed by atoms with van der Waals surface area (Å²) in [4.78, 5) is 6.43. The minimum absolute atomic E-state index is 0.0171. The van der Waals surface area contributed by atoms with Crippen molar-refractivity contribution in [2.45, 2.75) is 37.8 Å². The average molecular weight is 450 g/mol. The molecule has 1 fully saturated rings. The summed E-state index contributed by atoms with van der Waals surface area (Å²) >= 11 is 0. The first kappa shape index (κ1) is 21.8. The van der Waals surface area contributed by atoms with Crippen molar-refractivity contribution in [3.05, 3.63) is 30.2 Å². The van der Waals surface area contributed by atoms with Gasteiger partial charge in [0, 0.05) is 33.9 Å². The third kappa shape index (κ3) is 4.63. The van der Waals surface area contributed by atoms with Gasteiger partial charge < -0.3 is 25.0 Å². The Morgan fingerprint density at radius 2 is 2.16 bits per heavy atom. The molecule has 0 aliphatic carbocycles. The summed E-state index contributed by atoms with van der Waals surface area (Å²) < 4.78 is 46.4. The largest absolute Gasteiger partial charge is 0.406 e. The first-order valence-electron chi connectivity index (χ1n) is 10.1. The van der Waals surface area contributed by atoms with Crippen LogP contribution in [0.2, 0.25) is 6.04 Å². The monoisotopic (exact) mass is 449 g/mol. The molecule has 3 radical (unpaired) electrons. The number of alkyl halides is 3. The van der Waals surface area contributed by atoms with E-state index in [0.29, 0.717) is 16.8 Å². The van der Waals surface area contributed by atoms with Gasteiger partial charge in [0.25, 0.3) is 0 Å². The first-order chi connectivity index (χ1) is 14.8. The molecule has 3 heterocycles. The molecule has 4 rings (SSSR count). The molecular formula is C20H24F3N6OSi. The number of aromatic nitrogens is 3. The molecule has 0 spiro atoms. The van der Waals surface area contributed by atoms with Crippen LogP contribution in [0.15, 0.2) is 28.8 Å². The maximum absolute atomic E-state index is 13.4. The van der Waals surface area contributed by atoms with E-state index in [1.807, 2.05) is 6.07 Å². The predicted molar refractivity (Wildman–Crippen MR) is 113 cm³/mol. The molecule has 11 heteroatoms. The van der Waals surface area contributed by atoms with E-state index in [4.69, 9.17) is 10.3 Å². The van der Waals surface area contributed by atoms with Gasteiger partial charge in [-0.3, -0.25) is 0 Å². The summed E-state index contributed by atoms with van der Waals surface area (Å²) in [5, 5.41) is 8.10. The highest BCUT2D eigenvalue weighted by Gasteiger charge is 2.32. The molecule has 0 bridgehead atoms. The molecule has 3 aromatic rings. The fourth-order valence-electron chi connectivity index (χ4n) is 4.20. The zero-order chi connectivity index (χ0) is 22.2. The highest BCUT2D eigenvalue weighted by Crippen LogP contribution is 2.35. The van der Waals surface area contributed by atoms with Crippen molar-refractivity contribution in [2.24, 2.45) is 11.7 Å². The van der Waals surface area contributed by atoms with Crippen LogP contribution in [-0.4, -0.2) is 62.2 Å². The van der Waals surface area contributed by atoms with Gasteiger partial charge in [0.2, 0.25) is 11.7 Å². The molecule has 165 valence electrons. The predicted octanol–water partition coefficient (Wildman–Crippen LogP) is 3.03. The standard InChI is InChI=1S/C20H24F3N6OSi/c1-28-6-5-14(12(9-28)10-31)25-15-3-2-4-16-13(15)7-17(29(16)11-20(21,22)23)19-26-18(8-24)30-27-19/h2-4,7,12,14,25H,5-6,8-11,24H2,1H3/t12-,14-/m1/s1. The van der Waals surface area contributed by atoms with E-state index >= 15 is 0 Å². The number of likely N-dealkylation sites (tertiary alicyclic amines) is 1. The highest BCUT2D eigenvalue weighted by atomic mass is 28.1. The minimum atomic E-state index is -4.40. The van der Waals surface area contributed by atoms with E-state index in [1.54, 1.807) is 18.2 Å². The van der Waals surface area contributed by atoms with Gasteiger partial charge in [-0.2, -0.15) is 18.2 Å². The van der Waals surface area contributed by atoms with Crippen molar-refractivity contribution in [1.82, 2.24) is 19.6 Å². The van der Waals surface area contributed by atoms with Crippen molar-refractivity contribution in [3.63, 3.8) is 0 Å². The topological polar surface area (TPSA) is 85.1 Å². The third-order valence-corrected chi connectivity index (χ3v) is 6.22. The Balaban J connectivity index is 1.77. The van der Waals surface area contributed by atoms with Gasteiger partial charge in [0.1, 0.15) is 6.54 Å². The molecule has 3 N–H and O–H groups in total. The lowest BCUT2D eigenvalue weighted by atomic mass is 9.93. The molecule has 1 saturated heterocycles. The van der Waals surface area contributed by atoms with Crippen molar-refractivity contribution < 1.29 is 17.7 Å². The van der Waals surface area contributed by atoms with Gasteiger partial charge in [-0.1, -0.05) is 17.3 Å². The summed E-state index contributed by atoms with van der Waals surface area (Å²) in [6.07, 6.45) is -3.46. The lowest BCUT2D eigenvalue weighted by molar-refractivity contribution is -0.139. The summed E-state index contributed by atoms with van der Waals surface area (Å²) in [7, 11) is 5.74. The average Bonchev–Trinajstić information content (AvgIpc) is 3.33. The lowest BCUT2D eigenvalue weighted by Crippen LogP contribution is -2.44. The summed E-state index contributed by atoms with van der Waals surface area (Å²) in [5.74, 6) is 0.638. The van der Waals surface area contributed by atoms with Gasteiger partial charge in [0.15, 0.2) is 0 Å². The number of fused-ring (bicyclic) bond motifs is 1. The second kappa shape index (κ2) is 8.64. The number of hydrogen-bond acceptors (Lipinski definition) is 6. The lowest BCUT2D eigenvalue weighted by Gasteiger charge is -2.37. The van der Waals surface area contributed by atoms with Gasteiger partial charge >= 0.3 is 6.18 Å². The molecule has 0 amide bonds. The van der Waals surface area contributed by atoms with Crippen molar-refractivity contribution in [2.75, 3.05) is 25.5 Å². The number of halogens is 3. The van der Waals surface area contributed by atoms with Crippen LogP contribution in [0.1, 0.15) is 12.3 Å². The molecule has 0 unspecified atom stereocenters. The Bertz CT molecular complexity index is 1050. The molecule has 0 saturated carbocycles. The fourth-order valence-corrected chi connectivity index (χ4v) is 4.61.